The average molecular weight is 218 g/mol. The van der Waals surface area contributed by atoms with Crippen LogP contribution in [0.25, 0.3) is 0 Å². The van der Waals surface area contributed by atoms with Gasteiger partial charge in [-0.15, -0.1) is 10.2 Å². The summed E-state index contributed by atoms with van der Waals surface area (Å²) in [6.45, 7) is 0. The van der Waals surface area contributed by atoms with E-state index in [1.807, 2.05) is 0 Å². The predicted molar refractivity (Wildman–Crippen MR) is 57.0 cm³/mol. The van der Waals surface area contributed by atoms with Crippen molar-refractivity contribution < 1.29 is 8.78 Å². The molecule has 2 aromatic rings. The van der Waals surface area contributed by atoms with Gasteiger partial charge in [0.2, 0.25) is 0 Å². The van der Waals surface area contributed by atoms with Crippen LogP contribution in [-0.2, 0) is 0 Å². The molecular formula is C12H8F2N2. The Kier molecular flexibility index (Phi) is 3.00. The van der Waals surface area contributed by atoms with Crippen molar-refractivity contribution in [2.75, 3.05) is 0 Å². The second-order valence-electron chi connectivity index (χ2n) is 3.10. The van der Waals surface area contributed by atoms with Gasteiger partial charge in [0.1, 0.15) is 11.4 Å². The summed E-state index contributed by atoms with van der Waals surface area (Å²) < 4.78 is 26.3. The SMILES string of the molecule is Fc1ccccc1N=Nc1ccccc1F. The van der Waals surface area contributed by atoms with Gasteiger partial charge in [-0.1, -0.05) is 24.3 Å². The van der Waals surface area contributed by atoms with Crippen LogP contribution in [-0.4, -0.2) is 0 Å². The Labute approximate surface area is 91.3 Å². The van der Waals surface area contributed by atoms with Crippen LogP contribution in [0, 0.1) is 11.6 Å². The van der Waals surface area contributed by atoms with Crippen molar-refractivity contribution in [3.63, 3.8) is 0 Å². The third kappa shape index (κ3) is 2.28. The van der Waals surface area contributed by atoms with Gasteiger partial charge in [0.05, 0.1) is 0 Å². The summed E-state index contributed by atoms with van der Waals surface area (Å²) in [5, 5.41) is 7.29. The van der Waals surface area contributed by atoms with Crippen LogP contribution in [0.1, 0.15) is 0 Å². The Morgan fingerprint density at radius 1 is 0.625 bits per heavy atom. The molecule has 0 unspecified atom stereocenters. The number of nitrogens with zero attached hydrogens (tertiary/aromatic N) is 2. The molecule has 0 saturated carbocycles. The smallest absolute Gasteiger partial charge is 0.150 e. The number of azo groups is 1. The molecule has 0 saturated heterocycles. The molecular weight excluding hydrogens is 210 g/mol. The van der Waals surface area contributed by atoms with E-state index in [0.717, 1.165) is 0 Å². The normalized spacial score (nSPS) is 10.9. The first-order valence-corrected chi connectivity index (χ1v) is 4.68. The number of hydrogen-bond acceptors (Lipinski definition) is 2. The molecule has 4 heteroatoms. The van der Waals surface area contributed by atoms with E-state index in [1.165, 1.54) is 24.3 Å². The molecule has 0 fully saturated rings. The number of rotatable bonds is 2. The zero-order valence-electron chi connectivity index (χ0n) is 8.27. The van der Waals surface area contributed by atoms with Gasteiger partial charge in [0, 0.05) is 0 Å². The number of hydrogen-bond donors (Lipinski definition) is 0. The highest BCUT2D eigenvalue weighted by molar-refractivity contribution is 5.41. The Bertz CT molecular complexity index is 476. The van der Waals surface area contributed by atoms with Gasteiger partial charge >= 0.3 is 0 Å². The molecule has 0 atom stereocenters. The van der Waals surface area contributed by atoms with Crippen molar-refractivity contribution in [1.29, 1.82) is 0 Å². The van der Waals surface area contributed by atoms with E-state index >= 15 is 0 Å². The van der Waals surface area contributed by atoms with Gasteiger partial charge in [0.25, 0.3) is 0 Å². The van der Waals surface area contributed by atoms with E-state index in [9.17, 15) is 8.78 Å². The van der Waals surface area contributed by atoms with E-state index in [0.29, 0.717) is 0 Å². The lowest BCUT2D eigenvalue weighted by Gasteiger charge is -1.95. The molecule has 16 heavy (non-hydrogen) atoms. The molecule has 0 heterocycles. The van der Waals surface area contributed by atoms with E-state index < -0.39 is 11.6 Å². The summed E-state index contributed by atoms with van der Waals surface area (Å²) in [5.74, 6) is -0.967. The lowest BCUT2D eigenvalue weighted by atomic mass is 10.3. The Morgan fingerprint density at radius 3 is 1.38 bits per heavy atom. The van der Waals surface area contributed by atoms with Gasteiger partial charge < -0.3 is 0 Å². The molecule has 0 spiro atoms. The minimum atomic E-state index is -0.484. The van der Waals surface area contributed by atoms with Crippen LogP contribution in [0.2, 0.25) is 0 Å². The standard InChI is InChI=1S/C12H8F2N2/c13-9-5-1-3-7-11(9)15-16-12-8-4-2-6-10(12)14/h1-8H. The van der Waals surface area contributed by atoms with Crippen LogP contribution < -0.4 is 0 Å². The fraction of sp³-hybridized carbons (Fsp3) is 0. The van der Waals surface area contributed by atoms with Gasteiger partial charge in [-0.05, 0) is 24.3 Å². The van der Waals surface area contributed by atoms with Gasteiger partial charge in [-0.2, -0.15) is 0 Å². The first-order valence-electron chi connectivity index (χ1n) is 4.68. The van der Waals surface area contributed by atoms with E-state index in [4.69, 9.17) is 0 Å². The van der Waals surface area contributed by atoms with Crippen molar-refractivity contribution in [3.05, 3.63) is 60.2 Å². The molecule has 0 aliphatic carbocycles. The third-order valence-electron chi connectivity index (χ3n) is 1.97. The average Bonchev–Trinajstić information content (AvgIpc) is 2.30. The van der Waals surface area contributed by atoms with Crippen molar-refractivity contribution >= 4 is 11.4 Å². The third-order valence-corrected chi connectivity index (χ3v) is 1.97. The number of halogens is 2. The monoisotopic (exact) mass is 218 g/mol. The van der Waals surface area contributed by atoms with Crippen molar-refractivity contribution in [2.24, 2.45) is 10.2 Å². The molecule has 0 aromatic heterocycles. The molecule has 0 amide bonds. The summed E-state index contributed by atoms with van der Waals surface area (Å²) in [4.78, 5) is 0. The zero-order valence-corrected chi connectivity index (χ0v) is 8.27. The quantitative estimate of drug-likeness (QED) is 0.668. The Balaban J connectivity index is 2.29. The van der Waals surface area contributed by atoms with Crippen LogP contribution in [0.3, 0.4) is 0 Å². The summed E-state index contributed by atoms with van der Waals surface area (Å²) in [6.07, 6.45) is 0. The van der Waals surface area contributed by atoms with E-state index in [2.05, 4.69) is 10.2 Å². The van der Waals surface area contributed by atoms with Crippen molar-refractivity contribution in [1.82, 2.24) is 0 Å². The van der Waals surface area contributed by atoms with E-state index in [-0.39, 0.29) is 11.4 Å². The summed E-state index contributed by atoms with van der Waals surface area (Å²) in [5.41, 5.74) is 0.177. The van der Waals surface area contributed by atoms with Crippen molar-refractivity contribution in [2.45, 2.75) is 0 Å². The molecule has 0 radical (unpaired) electrons. The summed E-state index contributed by atoms with van der Waals surface area (Å²) in [7, 11) is 0. The maximum Gasteiger partial charge on any atom is 0.150 e. The minimum absolute atomic E-state index is 0.0887. The zero-order chi connectivity index (χ0) is 11.4. The van der Waals surface area contributed by atoms with Crippen LogP contribution in [0.5, 0.6) is 0 Å². The summed E-state index contributed by atoms with van der Waals surface area (Å²) >= 11 is 0. The molecule has 0 N–H and O–H groups in total. The van der Waals surface area contributed by atoms with Crippen LogP contribution in [0.15, 0.2) is 58.8 Å². The lowest BCUT2D eigenvalue weighted by Crippen LogP contribution is -1.74. The summed E-state index contributed by atoms with van der Waals surface area (Å²) in [6, 6.07) is 11.9. The van der Waals surface area contributed by atoms with Gasteiger partial charge in [0.15, 0.2) is 11.6 Å². The fourth-order valence-corrected chi connectivity index (χ4v) is 1.17. The lowest BCUT2D eigenvalue weighted by molar-refractivity contribution is 0.623. The number of benzene rings is 2. The largest absolute Gasteiger partial charge is 0.205 e. The Hall–Kier alpha value is -2.10. The molecule has 2 nitrogen and oxygen atoms in total. The Morgan fingerprint density at radius 2 is 1.00 bits per heavy atom. The molecule has 80 valence electrons. The van der Waals surface area contributed by atoms with Gasteiger partial charge in [-0.3, -0.25) is 0 Å². The molecule has 0 bridgehead atoms. The highest BCUT2D eigenvalue weighted by Crippen LogP contribution is 2.22. The first-order chi connectivity index (χ1) is 7.77. The van der Waals surface area contributed by atoms with E-state index in [1.54, 1.807) is 24.3 Å². The molecule has 0 aliphatic rings. The maximum absolute atomic E-state index is 13.1. The fourth-order valence-electron chi connectivity index (χ4n) is 1.17. The highest BCUT2D eigenvalue weighted by atomic mass is 19.1. The molecule has 2 aromatic carbocycles. The topological polar surface area (TPSA) is 24.7 Å². The predicted octanol–water partition coefficient (Wildman–Crippen LogP) is 4.38. The van der Waals surface area contributed by atoms with Gasteiger partial charge in [-0.25, -0.2) is 8.78 Å². The maximum atomic E-state index is 13.1. The minimum Gasteiger partial charge on any atom is -0.205 e. The van der Waals surface area contributed by atoms with Crippen LogP contribution in [0.4, 0.5) is 20.2 Å². The highest BCUT2D eigenvalue weighted by Gasteiger charge is 2.00. The van der Waals surface area contributed by atoms with Crippen molar-refractivity contribution in [3.8, 4) is 0 Å². The second kappa shape index (κ2) is 4.61. The second-order valence-corrected chi connectivity index (χ2v) is 3.10. The molecule has 0 aliphatic heterocycles. The molecule has 2 rings (SSSR count). The first kappa shape index (κ1) is 10.4. The van der Waals surface area contributed by atoms with Crippen LogP contribution >= 0.6 is 0 Å².